The smallest absolute Gasteiger partial charge is 0.308 e. The maximum atomic E-state index is 11.9. The largest absolute Gasteiger partial charge is 0.481 e. The molecule has 0 radical (unpaired) electrons. The molecule has 1 amide bonds. The summed E-state index contributed by atoms with van der Waals surface area (Å²) in [5.41, 5.74) is 1.07. The molecule has 1 aromatic carbocycles. The molecule has 1 saturated carbocycles. The third-order valence-electron chi connectivity index (χ3n) is 3.41. The number of carboxylic acid groups (broad SMARTS) is 1. The van der Waals surface area contributed by atoms with Crippen molar-refractivity contribution < 1.29 is 14.7 Å². The van der Waals surface area contributed by atoms with Crippen LogP contribution in [0.2, 0.25) is 5.02 Å². The number of carboxylic acids is 1. The van der Waals surface area contributed by atoms with E-state index in [2.05, 4.69) is 5.32 Å². The van der Waals surface area contributed by atoms with E-state index in [1.165, 1.54) is 0 Å². The zero-order chi connectivity index (χ0) is 14.0. The van der Waals surface area contributed by atoms with Crippen LogP contribution in [0.5, 0.6) is 0 Å². The summed E-state index contributed by atoms with van der Waals surface area (Å²) in [5.74, 6) is -1.38. The average molecular weight is 282 g/mol. The van der Waals surface area contributed by atoms with Crippen LogP contribution in [0.25, 0.3) is 0 Å². The maximum absolute atomic E-state index is 11.9. The Balaban J connectivity index is 1.85. The van der Waals surface area contributed by atoms with Crippen LogP contribution in [-0.2, 0) is 9.59 Å². The molecular weight excluding hydrogens is 266 g/mol. The first-order valence-electron chi connectivity index (χ1n) is 6.25. The summed E-state index contributed by atoms with van der Waals surface area (Å²) in [7, 11) is 0. The van der Waals surface area contributed by atoms with Gasteiger partial charge in [-0.25, -0.2) is 0 Å². The van der Waals surface area contributed by atoms with E-state index in [0.717, 1.165) is 12.0 Å². The molecule has 2 rings (SSSR count). The molecule has 0 heterocycles. The molecule has 3 unspecified atom stereocenters. The Hall–Kier alpha value is -1.55. The number of carbonyl (C=O) groups excluding carboxylic acids is 1. The Bertz CT molecular complexity index is 503. The number of benzene rings is 1. The summed E-state index contributed by atoms with van der Waals surface area (Å²) in [6.45, 7) is 1.75. The zero-order valence-electron chi connectivity index (χ0n) is 10.6. The van der Waals surface area contributed by atoms with Crippen molar-refractivity contribution in [3.05, 3.63) is 34.9 Å². The Morgan fingerprint density at radius 3 is 2.89 bits per heavy atom. The first-order chi connectivity index (χ1) is 8.99. The van der Waals surface area contributed by atoms with Gasteiger partial charge in [0.1, 0.15) is 0 Å². The maximum Gasteiger partial charge on any atom is 0.308 e. The topological polar surface area (TPSA) is 66.4 Å². The Morgan fingerprint density at radius 2 is 2.26 bits per heavy atom. The van der Waals surface area contributed by atoms with E-state index in [1.807, 2.05) is 18.2 Å². The van der Waals surface area contributed by atoms with Crippen LogP contribution in [0.15, 0.2) is 24.3 Å². The average Bonchev–Trinajstić information content (AvgIpc) is 3.15. The molecule has 0 bridgehead atoms. The van der Waals surface area contributed by atoms with Crippen LogP contribution >= 0.6 is 11.6 Å². The minimum atomic E-state index is -0.900. The summed E-state index contributed by atoms with van der Waals surface area (Å²) in [5, 5.41) is 12.1. The molecule has 0 aromatic heterocycles. The Morgan fingerprint density at radius 1 is 1.53 bits per heavy atom. The predicted molar refractivity (Wildman–Crippen MR) is 72.1 cm³/mol. The van der Waals surface area contributed by atoms with Crippen molar-refractivity contribution in [2.45, 2.75) is 19.3 Å². The van der Waals surface area contributed by atoms with Crippen LogP contribution in [-0.4, -0.2) is 23.5 Å². The minimum absolute atomic E-state index is 0.0561. The molecule has 4 nitrogen and oxygen atoms in total. The second-order valence-electron chi connectivity index (χ2n) is 4.99. The van der Waals surface area contributed by atoms with E-state index in [4.69, 9.17) is 16.7 Å². The Labute approximate surface area is 116 Å². The molecule has 1 aliphatic carbocycles. The van der Waals surface area contributed by atoms with E-state index < -0.39 is 11.9 Å². The van der Waals surface area contributed by atoms with E-state index in [-0.39, 0.29) is 24.3 Å². The highest BCUT2D eigenvalue weighted by molar-refractivity contribution is 6.30. The lowest BCUT2D eigenvalue weighted by molar-refractivity contribution is -0.141. The van der Waals surface area contributed by atoms with Crippen LogP contribution in [0, 0.1) is 11.8 Å². The lowest BCUT2D eigenvalue weighted by Crippen LogP contribution is -2.32. The van der Waals surface area contributed by atoms with Crippen molar-refractivity contribution in [3.63, 3.8) is 0 Å². The van der Waals surface area contributed by atoms with Gasteiger partial charge >= 0.3 is 5.97 Å². The predicted octanol–water partition coefficient (Wildman–Crippen LogP) is 2.28. The molecule has 1 aromatic rings. The molecule has 0 spiro atoms. The molecule has 1 fully saturated rings. The number of hydrogen-bond acceptors (Lipinski definition) is 2. The molecule has 102 valence electrons. The van der Waals surface area contributed by atoms with Crippen molar-refractivity contribution in [1.29, 1.82) is 0 Å². The number of aliphatic carboxylic acids is 1. The monoisotopic (exact) mass is 281 g/mol. The number of hydrogen-bond donors (Lipinski definition) is 2. The summed E-state index contributed by atoms with van der Waals surface area (Å²) in [6.07, 6.45) is 0.799. The highest BCUT2D eigenvalue weighted by Gasteiger charge is 2.43. The van der Waals surface area contributed by atoms with Crippen molar-refractivity contribution in [3.8, 4) is 0 Å². The summed E-state index contributed by atoms with van der Waals surface area (Å²) in [6, 6.07) is 7.51. The summed E-state index contributed by atoms with van der Waals surface area (Å²) in [4.78, 5) is 22.5. The summed E-state index contributed by atoms with van der Waals surface area (Å²) < 4.78 is 0. The fourth-order valence-corrected chi connectivity index (χ4v) is 2.26. The van der Waals surface area contributed by atoms with Gasteiger partial charge in [-0.1, -0.05) is 30.7 Å². The number of carbonyl (C=O) groups is 2. The molecule has 2 N–H and O–H groups in total. The number of nitrogens with one attached hydrogen (secondary N) is 1. The van der Waals surface area contributed by atoms with E-state index in [9.17, 15) is 9.59 Å². The van der Waals surface area contributed by atoms with Crippen LogP contribution < -0.4 is 5.32 Å². The molecular formula is C14H16ClNO3. The van der Waals surface area contributed by atoms with Crippen molar-refractivity contribution in [1.82, 2.24) is 5.32 Å². The van der Waals surface area contributed by atoms with E-state index in [0.29, 0.717) is 5.02 Å². The standard InChI is InChI=1S/C14H16ClNO3/c1-8(14(18)19)7-16-13(17)12-6-11(12)9-3-2-4-10(15)5-9/h2-5,8,11-12H,6-7H2,1H3,(H,16,17)(H,18,19). The first kappa shape index (κ1) is 13.9. The highest BCUT2D eigenvalue weighted by Crippen LogP contribution is 2.47. The van der Waals surface area contributed by atoms with Crippen molar-refractivity contribution in [2.24, 2.45) is 11.8 Å². The second-order valence-corrected chi connectivity index (χ2v) is 5.42. The summed E-state index contributed by atoms with van der Waals surface area (Å²) >= 11 is 5.92. The quantitative estimate of drug-likeness (QED) is 0.870. The lowest BCUT2D eigenvalue weighted by Gasteiger charge is -2.08. The fourth-order valence-electron chi connectivity index (χ4n) is 2.06. The minimum Gasteiger partial charge on any atom is -0.481 e. The normalized spacial score (nSPS) is 22.6. The van der Waals surface area contributed by atoms with Crippen molar-refractivity contribution in [2.75, 3.05) is 6.54 Å². The van der Waals surface area contributed by atoms with Gasteiger partial charge in [0.2, 0.25) is 5.91 Å². The van der Waals surface area contributed by atoms with Crippen LogP contribution in [0.3, 0.4) is 0 Å². The Kier molecular flexibility index (Phi) is 4.10. The molecule has 0 aliphatic heterocycles. The fraction of sp³-hybridized carbons (Fsp3) is 0.429. The van der Waals surface area contributed by atoms with Gasteiger partial charge in [-0.05, 0) is 30.0 Å². The van der Waals surface area contributed by atoms with Gasteiger partial charge in [0, 0.05) is 17.5 Å². The molecule has 19 heavy (non-hydrogen) atoms. The van der Waals surface area contributed by atoms with Crippen molar-refractivity contribution >= 4 is 23.5 Å². The number of amides is 1. The first-order valence-corrected chi connectivity index (χ1v) is 6.63. The van der Waals surface area contributed by atoms with Gasteiger partial charge in [0.25, 0.3) is 0 Å². The molecule has 5 heteroatoms. The SMILES string of the molecule is CC(CNC(=O)C1CC1c1cccc(Cl)c1)C(=O)O. The number of rotatable bonds is 5. The van der Waals surface area contributed by atoms with Gasteiger partial charge in [-0.15, -0.1) is 0 Å². The van der Waals surface area contributed by atoms with Crippen LogP contribution in [0.1, 0.15) is 24.8 Å². The lowest BCUT2D eigenvalue weighted by atomic mass is 10.1. The second kappa shape index (κ2) is 5.61. The van der Waals surface area contributed by atoms with Gasteiger partial charge in [-0.2, -0.15) is 0 Å². The molecule has 0 saturated heterocycles. The third-order valence-corrected chi connectivity index (χ3v) is 3.64. The van der Waals surface area contributed by atoms with Gasteiger partial charge < -0.3 is 10.4 Å². The van der Waals surface area contributed by atoms with E-state index >= 15 is 0 Å². The molecule has 1 aliphatic rings. The zero-order valence-corrected chi connectivity index (χ0v) is 11.4. The third kappa shape index (κ3) is 3.47. The number of halogens is 1. The highest BCUT2D eigenvalue weighted by atomic mass is 35.5. The van der Waals surface area contributed by atoms with Crippen LogP contribution in [0.4, 0.5) is 0 Å². The molecule has 3 atom stereocenters. The van der Waals surface area contributed by atoms with E-state index in [1.54, 1.807) is 13.0 Å². The van der Waals surface area contributed by atoms with Gasteiger partial charge in [0.05, 0.1) is 5.92 Å². The van der Waals surface area contributed by atoms with Gasteiger partial charge in [0.15, 0.2) is 0 Å². The van der Waals surface area contributed by atoms with Gasteiger partial charge in [-0.3, -0.25) is 9.59 Å².